The molecule has 24 heavy (non-hydrogen) atoms. The second-order valence-corrected chi connectivity index (χ2v) is 7.59. The van der Waals surface area contributed by atoms with Gasteiger partial charge < -0.3 is 9.64 Å². The van der Waals surface area contributed by atoms with Crippen molar-refractivity contribution in [1.82, 2.24) is 9.80 Å². The summed E-state index contributed by atoms with van der Waals surface area (Å²) in [6, 6.07) is 11.1. The van der Waals surface area contributed by atoms with Gasteiger partial charge in [-0.15, -0.1) is 0 Å². The van der Waals surface area contributed by atoms with Crippen molar-refractivity contribution in [3.63, 3.8) is 0 Å². The molecular formula is C20H28N2O2. The van der Waals surface area contributed by atoms with Crippen LogP contribution in [-0.4, -0.2) is 60.6 Å². The van der Waals surface area contributed by atoms with E-state index in [2.05, 4.69) is 41.0 Å². The van der Waals surface area contributed by atoms with Crippen LogP contribution in [0.3, 0.4) is 0 Å². The molecule has 0 unspecified atom stereocenters. The van der Waals surface area contributed by atoms with Crippen molar-refractivity contribution >= 4 is 5.91 Å². The van der Waals surface area contributed by atoms with E-state index in [0.29, 0.717) is 24.0 Å². The predicted molar refractivity (Wildman–Crippen MR) is 93.9 cm³/mol. The second-order valence-electron chi connectivity index (χ2n) is 7.59. The summed E-state index contributed by atoms with van der Waals surface area (Å²) in [6.45, 7) is 6.93. The Hall–Kier alpha value is -1.39. The third kappa shape index (κ3) is 3.35. The molecule has 4 rings (SSSR count). The monoisotopic (exact) mass is 328 g/mol. The Morgan fingerprint density at radius 1 is 1.12 bits per heavy atom. The molecule has 1 aliphatic carbocycles. The SMILES string of the molecule is C[C@@H]1CN(C2CCN(C(=O)[C@H]3C[C@H]3c3ccccc3)CC2)CCO1. The number of rotatable bonds is 3. The molecule has 2 aliphatic heterocycles. The van der Waals surface area contributed by atoms with Gasteiger partial charge in [-0.1, -0.05) is 30.3 Å². The summed E-state index contributed by atoms with van der Waals surface area (Å²) < 4.78 is 5.65. The van der Waals surface area contributed by atoms with Gasteiger partial charge >= 0.3 is 0 Å². The number of benzene rings is 1. The van der Waals surface area contributed by atoms with Crippen LogP contribution in [0.15, 0.2) is 30.3 Å². The summed E-state index contributed by atoms with van der Waals surface area (Å²) >= 11 is 0. The first-order valence-electron chi connectivity index (χ1n) is 9.42. The van der Waals surface area contributed by atoms with E-state index >= 15 is 0 Å². The Kier molecular flexibility index (Phi) is 4.59. The van der Waals surface area contributed by atoms with E-state index in [1.807, 2.05) is 6.07 Å². The van der Waals surface area contributed by atoms with Gasteiger partial charge in [0.25, 0.3) is 0 Å². The molecule has 130 valence electrons. The van der Waals surface area contributed by atoms with Crippen LogP contribution in [0.1, 0.15) is 37.7 Å². The van der Waals surface area contributed by atoms with Crippen LogP contribution in [0, 0.1) is 5.92 Å². The quantitative estimate of drug-likeness (QED) is 0.855. The average Bonchev–Trinajstić information content (AvgIpc) is 3.43. The Bertz CT molecular complexity index is 568. The van der Waals surface area contributed by atoms with E-state index in [1.54, 1.807) is 0 Å². The highest BCUT2D eigenvalue weighted by Gasteiger charge is 2.46. The van der Waals surface area contributed by atoms with Crippen molar-refractivity contribution in [3.05, 3.63) is 35.9 Å². The largest absolute Gasteiger partial charge is 0.376 e. The number of morpholine rings is 1. The smallest absolute Gasteiger partial charge is 0.226 e. The number of hydrogen-bond donors (Lipinski definition) is 0. The van der Waals surface area contributed by atoms with Crippen LogP contribution in [-0.2, 0) is 9.53 Å². The molecule has 4 heteroatoms. The number of likely N-dealkylation sites (tertiary alicyclic amines) is 1. The van der Waals surface area contributed by atoms with E-state index in [4.69, 9.17) is 4.74 Å². The lowest BCUT2D eigenvalue weighted by Crippen LogP contribution is -2.52. The first kappa shape index (κ1) is 16.1. The summed E-state index contributed by atoms with van der Waals surface area (Å²) in [5, 5.41) is 0. The highest BCUT2D eigenvalue weighted by atomic mass is 16.5. The Balaban J connectivity index is 1.28. The van der Waals surface area contributed by atoms with Gasteiger partial charge in [-0.2, -0.15) is 0 Å². The molecule has 0 N–H and O–H groups in total. The molecule has 0 aromatic heterocycles. The van der Waals surface area contributed by atoms with Gasteiger partial charge in [0.2, 0.25) is 5.91 Å². The molecule has 2 heterocycles. The number of carbonyl (C=O) groups is 1. The summed E-state index contributed by atoms with van der Waals surface area (Å²) in [5.41, 5.74) is 1.33. The fraction of sp³-hybridized carbons (Fsp3) is 0.650. The predicted octanol–water partition coefficient (Wildman–Crippen LogP) is 2.50. The summed E-state index contributed by atoms with van der Waals surface area (Å²) in [7, 11) is 0. The topological polar surface area (TPSA) is 32.8 Å². The molecule has 3 atom stereocenters. The molecule has 0 bridgehead atoms. The Morgan fingerprint density at radius 3 is 2.58 bits per heavy atom. The number of nitrogens with zero attached hydrogens (tertiary/aromatic N) is 2. The molecule has 3 fully saturated rings. The highest BCUT2D eigenvalue weighted by molar-refractivity contribution is 5.83. The van der Waals surface area contributed by atoms with Gasteiger partial charge in [0.15, 0.2) is 0 Å². The third-order valence-corrected chi connectivity index (χ3v) is 5.90. The minimum absolute atomic E-state index is 0.229. The van der Waals surface area contributed by atoms with Gasteiger partial charge in [-0.05, 0) is 37.7 Å². The van der Waals surface area contributed by atoms with E-state index in [1.165, 1.54) is 5.56 Å². The summed E-state index contributed by atoms with van der Waals surface area (Å²) in [4.78, 5) is 17.5. The maximum atomic E-state index is 12.8. The molecular weight excluding hydrogens is 300 g/mol. The molecule has 1 saturated carbocycles. The second kappa shape index (κ2) is 6.85. The van der Waals surface area contributed by atoms with Crippen molar-refractivity contribution in [2.45, 2.75) is 44.2 Å². The first-order chi connectivity index (χ1) is 11.7. The lowest BCUT2D eigenvalue weighted by molar-refractivity contribution is -0.134. The number of amides is 1. The molecule has 1 amide bonds. The van der Waals surface area contributed by atoms with E-state index in [-0.39, 0.29) is 5.92 Å². The average molecular weight is 328 g/mol. The zero-order valence-corrected chi connectivity index (χ0v) is 14.6. The number of piperidine rings is 1. The van der Waals surface area contributed by atoms with Crippen LogP contribution >= 0.6 is 0 Å². The maximum absolute atomic E-state index is 12.8. The molecule has 4 nitrogen and oxygen atoms in total. The maximum Gasteiger partial charge on any atom is 0.226 e. The standard InChI is InChI=1S/C20H28N2O2/c1-15-14-22(11-12-24-15)17-7-9-21(10-8-17)20(23)19-13-18(19)16-5-3-2-4-6-16/h2-6,15,17-19H,7-14H2,1H3/t15-,18+,19+/m1/s1. The van der Waals surface area contributed by atoms with Crippen LogP contribution in [0.25, 0.3) is 0 Å². The highest BCUT2D eigenvalue weighted by Crippen LogP contribution is 2.48. The minimum atomic E-state index is 0.229. The van der Waals surface area contributed by atoms with Gasteiger partial charge in [0.1, 0.15) is 0 Å². The van der Waals surface area contributed by atoms with Crippen LogP contribution in [0.2, 0.25) is 0 Å². The zero-order chi connectivity index (χ0) is 16.5. The van der Waals surface area contributed by atoms with Crippen molar-refractivity contribution in [2.24, 2.45) is 5.92 Å². The van der Waals surface area contributed by atoms with E-state index in [9.17, 15) is 4.79 Å². The number of carbonyl (C=O) groups excluding carboxylic acids is 1. The van der Waals surface area contributed by atoms with Crippen LogP contribution in [0.4, 0.5) is 0 Å². The normalized spacial score (nSPS) is 31.9. The molecule has 3 aliphatic rings. The molecule has 2 saturated heterocycles. The molecule has 0 radical (unpaired) electrons. The van der Waals surface area contributed by atoms with Crippen molar-refractivity contribution < 1.29 is 9.53 Å². The molecule has 1 aromatic carbocycles. The molecule has 0 spiro atoms. The lowest BCUT2D eigenvalue weighted by Gasteiger charge is -2.41. The zero-order valence-electron chi connectivity index (χ0n) is 14.6. The van der Waals surface area contributed by atoms with Gasteiger partial charge in [0, 0.05) is 38.1 Å². The fourth-order valence-corrected chi connectivity index (χ4v) is 4.40. The van der Waals surface area contributed by atoms with Gasteiger partial charge in [-0.3, -0.25) is 9.69 Å². The summed E-state index contributed by atoms with van der Waals surface area (Å²) in [5.74, 6) is 1.07. The van der Waals surface area contributed by atoms with Crippen LogP contribution in [0.5, 0.6) is 0 Å². The lowest BCUT2D eigenvalue weighted by atomic mass is 10.0. The number of hydrogen-bond acceptors (Lipinski definition) is 3. The van der Waals surface area contributed by atoms with E-state index in [0.717, 1.165) is 52.0 Å². The van der Waals surface area contributed by atoms with E-state index < -0.39 is 0 Å². The molecule has 1 aromatic rings. The van der Waals surface area contributed by atoms with Gasteiger partial charge in [0.05, 0.1) is 12.7 Å². The van der Waals surface area contributed by atoms with Crippen molar-refractivity contribution in [2.75, 3.05) is 32.8 Å². The Morgan fingerprint density at radius 2 is 1.88 bits per heavy atom. The Labute approximate surface area is 144 Å². The third-order valence-electron chi connectivity index (χ3n) is 5.90. The van der Waals surface area contributed by atoms with Crippen molar-refractivity contribution in [1.29, 1.82) is 0 Å². The van der Waals surface area contributed by atoms with Gasteiger partial charge in [-0.25, -0.2) is 0 Å². The van der Waals surface area contributed by atoms with Crippen molar-refractivity contribution in [3.8, 4) is 0 Å². The number of ether oxygens (including phenoxy) is 1. The fourth-order valence-electron chi connectivity index (χ4n) is 4.40. The first-order valence-corrected chi connectivity index (χ1v) is 9.42. The summed E-state index contributed by atoms with van der Waals surface area (Å²) in [6.07, 6.45) is 3.60. The van der Waals surface area contributed by atoms with Crippen LogP contribution < -0.4 is 0 Å². The minimum Gasteiger partial charge on any atom is -0.376 e.